The number of aliphatic hydroxyl groups excluding tert-OH is 1. The molecule has 10 nitrogen and oxygen atoms in total. The maximum Gasteiger partial charge on any atom is 0.259 e. The zero-order chi connectivity index (χ0) is 29.0. The molecule has 0 aliphatic carbocycles. The van der Waals surface area contributed by atoms with E-state index in [2.05, 4.69) is 9.97 Å². The van der Waals surface area contributed by atoms with Gasteiger partial charge in [-0.05, 0) is 42.8 Å². The Hall–Kier alpha value is -4.31. The molecule has 2 aromatic heterocycles. The molecule has 0 fully saturated rings. The molecule has 1 aliphatic rings. The number of carbonyl (C=O) groups is 3. The van der Waals surface area contributed by atoms with E-state index in [1.807, 2.05) is 19.1 Å². The predicted octanol–water partition coefficient (Wildman–Crippen LogP) is 2.84. The van der Waals surface area contributed by atoms with Crippen molar-refractivity contribution in [2.75, 3.05) is 40.8 Å². The monoisotopic (exact) mass is 545 g/mol. The highest BCUT2D eigenvalue weighted by atomic mass is 16.5. The molecule has 4 rings (SSSR count). The van der Waals surface area contributed by atoms with Crippen LogP contribution in [0.25, 0.3) is 11.1 Å². The van der Waals surface area contributed by atoms with E-state index < -0.39 is 12.1 Å². The van der Waals surface area contributed by atoms with Crippen LogP contribution in [0.2, 0.25) is 0 Å². The van der Waals surface area contributed by atoms with Crippen molar-refractivity contribution in [1.29, 1.82) is 0 Å². The van der Waals surface area contributed by atoms with Gasteiger partial charge in [0, 0.05) is 68.9 Å². The molecule has 210 valence electrons. The number of carbonyl (C=O) groups excluding carboxylic acids is 3. The van der Waals surface area contributed by atoms with Gasteiger partial charge in [-0.2, -0.15) is 0 Å². The number of nitrogens with zero attached hydrogens (tertiary/aromatic N) is 5. The van der Waals surface area contributed by atoms with Crippen molar-refractivity contribution in [2.24, 2.45) is 5.92 Å². The smallest absolute Gasteiger partial charge is 0.259 e. The lowest BCUT2D eigenvalue weighted by molar-refractivity contribution is 0.0313. The molecular weight excluding hydrogens is 510 g/mol. The van der Waals surface area contributed by atoms with Gasteiger partial charge < -0.3 is 24.5 Å². The summed E-state index contributed by atoms with van der Waals surface area (Å²) in [5.74, 6) is -0.562. The Morgan fingerprint density at radius 3 is 2.33 bits per heavy atom. The fourth-order valence-corrected chi connectivity index (χ4v) is 4.61. The third kappa shape index (κ3) is 6.12. The molecule has 1 aliphatic heterocycles. The fourth-order valence-electron chi connectivity index (χ4n) is 4.61. The lowest BCUT2D eigenvalue weighted by atomic mass is 9.98. The van der Waals surface area contributed by atoms with Crippen molar-refractivity contribution in [3.8, 4) is 17.0 Å². The largest absolute Gasteiger partial charge is 0.472 e. The average Bonchev–Trinajstić information content (AvgIpc) is 2.97. The zero-order valence-electron chi connectivity index (χ0n) is 23.4. The van der Waals surface area contributed by atoms with E-state index in [4.69, 9.17) is 4.74 Å². The van der Waals surface area contributed by atoms with Crippen molar-refractivity contribution < 1.29 is 24.2 Å². The minimum atomic E-state index is -0.467. The number of likely N-dealkylation sites (N-methyl/N-ethyl adjacent to an activating group) is 1. The van der Waals surface area contributed by atoms with Crippen molar-refractivity contribution in [3.05, 3.63) is 77.7 Å². The number of benzene rings is 1. The first-order chi connectivity index (χ1) is 19.1. The van der Waals surface area contributed by atoms with Crippen molar-refractivity contribution in [3.63, 3.8) is 0 Å². The van der Waals surface area contributed by atoms with Crippen molar-refractivity contribution in [1.82, 2.24) is 24.7 Å². The number of fused-ring (bicyclic) bond motifs is 1. The van der Waals surface area contributed by atoms with Gasteiger partial charge in [0.25, 0.3) is 17.7 Å². The van der Waals surface area contributed by atoms with Gasteiger partial charge in [-0.1, -0.05) is 19.1 Å². The summed E-state index contributed by atoms with van der Waals surface area (Å²) in [6.07, 6.45) is 4.30. The molecule has 10 heteroatoms. The van der Waals surface area contributed by atoms with Gasteiger partial charge in [0.2, 0.25) is 5.88 Å². The SMILES string of the molecule is C[C@H](CO)N1C[C@H](C)[C@@H](CN(C)C(=O)c2ccncc2)Oc2ncc(-c3ccc(C(=O)N(C)C)cc3)cc2C1=O. The molecule has 3 atom stereocenters. The molecule has 0 bridgehead atoms. The Labute approximate surface area is 234 Å². The van der Waals surface area contributed by atoms with Crippen LogP contribution in [0.1, 0.15) is 44.9 Å². The maximum absolute atomic E-state index is 13.7. The number of pyridine rings is 2. The molecular formula is C30H35N5O5. The molecule has 3 amide bonds. The number of hydrogen-bond donors (Lipinski definition) is 1. The van der Waals surface area contributed by atoms with E-state index in [-0.39, 0.29) is 48.2 Å². The van der Waals surface area contributed by atoms with Crippen LogP contribution in [0.4, 0.5) is 0 Å². The van der Waals surface area contributed by atoms with Crippen LogP contribution in [0.3, 0.4) is 0 Å². The Bertz CT molecular complexity index is 1360. The second-order valence-electron chi connectivity index (χ2n) is 10.4. The van der Waals surface area contributed by atoms with Gasteiger partial charge in [0.05, 0.1) is 19.2 Å². The highest BCUT2D eigenvalue weighted by molar-refractivity contribution is 5.98. The van der Waals surface area contributed by atoms with Gasteiger partial charge >= 0.3 is 0 Å². The Morgan fingerprint density at radius 2 is 1.70 bits per heavy atom. The van der Waals surface area contributed by atoms with Gasteiger partial charge in [0.1, 0.15) is 11.7 Å². The van der Waals surface area contributed by atoms with Crippen LogP contribution in [0, 0.1) is 5.92 Å². The number of rotatable bonds is 7. The summed E-state index contributed by atoms with van der Waals surface area (Å²) in [6.45, 7) is 4.14. The van der Waals surface area contributed by atoms with Crippen LogP contribution < -0.4 is 4.74 Å². The predicted molar refractivity (Wildman–Crippen MR) is 150 cm³/mol. The first-order valence-corrected chi connectivity index (χ1v) is 13.2. The van der Waals surface area contributed by atoms with E-state index in [1.165, 1.54) is 4.90 Å². The highest BCUT2D eigenvalue weighted by Gasteiger charge is 2.35. The summed E-state index contributed by atoms with van der Waals surface area (Å²) >= 11 is 0. The van der Waals surface area contributed by atoms with Crippen molar-refractivity contribution >= 4 is 17.7 Å². The minimum Gasteiger partial charge on any atom is -0.472 e. The van der Waals surface area contributed by atoms with E-state index >= 15 is 0 Å². The molecule has 3 aromatic rings. The van der Waals surface area contributed by atoms with Crippen LogP contribution in [-0.2, 0) is 0 Å². The number of aromatic nitrogens is 2. The third-order valence-corrected chi connectivity index (χ3v) is 7.12. The summed E-state index contributed by atoms with van der Waals surface area (Å²) in [7, 11) is 5.10. The molecule has 1 N–H and O–H groups in total. The van der Waals surface area contributed by atoms with Gasteiger partial charge in [-0.3, -0.25) is 19.4 Å². The second kappa shape index (κ2) is 12.3. The van der Waals surface area contributed by atoms with E-state index in [0.717, 1.165) is 5.56 Å². The topological polar surface area (TPSA) is 116 Å². The first-order valence-electron chi connectivity index (χ1n) is 13.2. The number of aliphatic hydroxyl groups is 1. The minimum absolute atomic E-state index is 0.104. The molecule has 40 heavy (non-hydrogen) atoms. The lowest BCUT2D eigenvalue weighted by Crippen LogP contribution is -2.50. The summed E-state index contributed by atoms with van der Waals surface area (Å²) < 4.78 is 6.33. The lowest BCUT2D eigenvalue weighted by Gasteiger charge is -2.37. The summed E-state index contributed by atoms with van der Waals surface area (Å²) in [5.41, 5.74) is 2.81. The Morgan fingerprint density at radius 1 is 1.05 bits per heavy atom. The number of amides is 3. The fraction of sp³-hybridized carbons (Fsp3) is 0.367. The van der Waals surface area contributed by atoms with Crippen LogP contribution in [0.5, 0.6) is 5.88 Å². The Balaban J connectivity index is 1.67. The number of ether oxygens (including phenoxy) is 1. The zero-order valence-corrected chi connectivity index (χ0v) is 23.4. The van der Waals surface area contributed by atoms with E-state index in [9.17, 15) is 19.5 Å². The second-order valence-corrected chi connectivity index (χ2v) is 10.4. The third-order valence-electron chi connectivity index (χ3n) is 7.12. The maximum atomic E-state index is 13.7. The first kappa shape index (κ1) is 28.7. The summed E-state index contributed by atoms with van der Waals surface area (Å²) in [5, 5.41) is 9.92. The standard InChI is InChI=1S/C30H35N5O5/c1-19-16-35(20(2)18-36)30(39)25-14-24(21-6-8-22(9-7-21)28(37)33(3)4)15-32-27(25)40-26(19)17-34(5)29(38)23-10-12-31-13-11-23/h6-15,19-20,26,36H,16-18H2,1-5H3/t19-,20+,26+/m0/s1. The highest BCUT2D eigenvalue weighted by Crippen LogP contribution is 2.30. The molecule has 0 radical (unpaired) electrons. The van der Waals surface area contributed by atoms with Gasteiger partial charge in [-0.15, -0.1) is 0 Å². The Kier molecular flexibility index (Phi) is 8.79. The normalized spacial score (nSPS) is 17.6. The van der Waals surface area contributed by atoms with Crippen LogP contribution in [0.15, 0.2) is 61.1 Å². The van der Waals surface area contributed by atoms with Crippen LogP contribution >= 0.6 is 0 Å². The van der Waals surface area contributed by atoms with E-state index in [0.29, 0.717) is 23.2 Å². The van der Waals surface area contributed by atoms with Crippen LogP contribution in [-0.4, -0.2) is 100 Å². The van der Waals surface area contributed by atoms with Gasteiger partial charge in [-0.25, -0.2) is 4.98 Å². The molecule has 0 unspecified atom stereocenters. The summed E-state index contributed by atoms with van der Waals surface area (Å²) in [6, 6.07) is 11.7. The molecule has 0 saturated heterocycles. The van der Waals surface area contributed by atoms with Crippen molar-refractivity contribution in [2.45, 2.75) is 26.0 Å². The summed E-state index contributed by atoms with van der Waals surface area (Å²) in [4.78, 5) is 52.3. The molecule has 0 saturated carbocycles. The van der Waals surface area contributed by atoms with Gasteiger partial charge in [0.15, 0.2) is 0 Å². The quantitative estimate of drug-likeness (QED) is 0.485. The van der Waals surface area contributed by atoms with E-state index in [1.54, 1.807) is 86.8 Å². The molecule has 1 aromatic carbocycles. The molecule has 3 heterocycles. The number of hydrogen-bond acceptors (Lipinski definition) is 7. The average molecular weight is 546 g/mol. The molecule has 0 spiro atoms.